The molecule has 0 fully saturated rings. The summed E-state index contributed by atoms with van der Waals surface area (Å²) in [7, 11) is -2.17. The first-order valence-corrected chi connectivity index (χ1v) is 6.93. The zero-order valence-corrected chi connectivity index (χ0v) is 10.9. The highest BCUT2D eigenvalue weighted by Crippen LogP contribution is 2.28. The van der Waals surface area contributed by atoms with Gasteiger partial charge in [-0.2, -0.15) is 0 Å². The van der Waals surface area contributed by atoms with Gasteiger partial charge in [0.15, 0.2) is 0 Å². The third-order valence-corrected chi connectivity index (χ3v) is 3.43. The van der Waals surface area contributed by atoms with E-state index >= 15 is 0 Å². The van der Waals surface area contributed by atoms with E-state index in [2.05, 4.69) is 0 Å². The highest BCUT2D eigenvalue weighted by Gasteiger charge is 2.24. The molecule has 0 N–H and O–H groups in total. The molecule has 100 valence electrons. The van der Waals surface area contributed by atoms with Gasteiger partial charge in [0.25, 0.3) is 5.69 Å². The molecule has 0 amide bonds. The van der Waals surface area contributed by atoms with Gasteiger partial charge >= 0.3 is 0 Å². The van der Waals surface area contributed by atoms with E-state index in [1.54, 1.807) is 6.07 Å². The molecule has 0 heterocycles. The third kappa shape index (κ3) is 3.41. The van der Waals surface area contributed by atoms with E-state index in [1.165, 1.54) is 25.3 Å². The van der Waals surface area contributed by atoms with Gasteiger partial charge in [0.1, 0.15) is 5.69 Å². The minimum atomic E-state index is -3.60. The fraction of sp³-hybridized carbons (Fsp3) is 0.400. The topological polar surface area (TPSA) is 89.8 Å². The molecular weight excluding hydrogens is 260 g/mol. The Labute approximate surface area is 105 Å². The van der Waals surface area contributed by atoms with Gasteiger partial charge < -0.3 is 4.74 Å². The van der Waals surface area contributed by atoms with Crippen LogP contribution >= 0.6 is 0 Å². The minimum absolute atomic E-state index is 0.0280. The van der Waals surface area contributed by atoms with Crippen molar-refractivity contribution in [3.05, 3.63) is 34.4 Å². The van der Waals surface area contributed by atoms with Crippen LogP contribution in [-0.2, 0) is 14.8 Å². The predicted molar refractivity (Wildman–Crippen MR) is 67.2 cm³/mol. The largest absolute Gasteiger partial charge is 0.383 e. The van der Waals surface area contributed by atoms with Gasteiger partial charge in [-0.3, -0.25) is 14.4 Å². The molecule has 0 unspecified atom stereocenters. The van der Waals surface area contributed by atoms with Crippen molar-refractivity contribution >= 4 is 21.4 Å². The maximum Gasteiger partial charge on any atom is 0.293 e. The summed E-state index contributed by atoms with van der Waals surface area (Å²) in [5, 5.41) is 10.9. The van der Waals surface area contributed by atoms with Gasteiger partial charge in [-0.15, -0.1) is 0 Å². The van der Waals surface area contributed by atoms with Crippen molar-refractivity contribution in [1.29, 1.82) is 0 Å². The summed E-state index contributed by atoms with van der Waals surface area (Å²) in [4.78, 5) is 10.3. The number of nitro groups is 1. The molecular formula is C10H14N2O5S. The average molecular weight is 274 g/mol. The van der Waals surface area contributed by atoms with E-state index in [-0.39, 0.29) is 24.5 Å². The number of anilines is 1. The molecule has 0 aromatic heterocycles. The molecule has 0 aliphatic heterocycles. The van der Waals surface area contributed by atoms with Gasteiger partial charge in [0.2, 0.25) is 10.0 Å². The Morgan fingerprint density at radius 1 is 1.39 bits per heavy atom. The standard InChI is InChI=1S/C10H14N2O5S/c1-17-8-7-11(18(2,15)16)9-5-3-4-6-10(9)12(13)14/h3-6H,7-8H2,1-2H3. The van der Waals surface area contributed by atoms with Crippen molar-refractivity contribution in [3.8, 4) is 0 Å². The Morgan fingerprint density at radius 3 is 2.50 bits per heavy atom. The molecule has 0 saturated carbocycles. The monoisotopic (exact) mass is 274 g/mol. The van der Waals surface area contributed by atoms with Crippen LogP contribution in [0, 0.1) is 10.1 Å². The van der Waals surface area contributed by atoms with E-state index in [4.69, 9.17) is 4.74 Å². The Hall–Kier alpha value is -1.67. The first kappa shape index (κ1) is 14.4. The van der Waals surface area contributed by atoms with Crippen molar-refractivity contribution in [2.24, 2.45) is 0 Å². The lowest BCUT2D eigenvalue weighted by Gasteiger charge is -2.21. The van der Waals surface area contributed by atoms with Crippen LogP contribution in [0.3, 0.4) is 0 Å². The van der Waals surface area contributed by atoms with Crippen molar-refractivity contribution < 1.29 is 18.1 Å². The van der Waals surface area contributed by atoms with Gasteiger partial charge in [-0.25, -0.2) is 8.42 Å². The smallest absolute Gasteiger partial charge is 0.293 e. The minimum Gasteiger partial charge on any atom is -0.383 e. The third-order valence-electron chi connectivity index (χ3n) is 2.25. The number of nitro benzene ring substituents is 1. The number of sulfonamides is 1. The van der Waals surface area contributed by atoms with Gasteiger partial charge in [-0.05, 0) is 6.07 Å². The number of ether oxygens (including phenoxy) is 1. The summed E-state index contributed by atoms with van der Waals surface area (Å²) >= 11 is 0. The fourth-order valence-corrected chi connectivity index (χ4v) is 2.39. The van der Waals surface area contributed by atoms with Gasteiger partial charge in [-0.1, -0.05) is 12.1 Å². The molecule has 0 atom stereocenters. The molecule has 1 aromatic rings. The summed E-state index contributed by atoms with van der Waals surface area (Å²) in [6.45, 7) is 0.180. The molecule has 0 saturated heterocycles. The molecule has 0 radical (unpaired) electrons. The van der Waals surface area contributed by atoms with Gasteiger partial charge in [0.05, 0.1) is 24.3 Å². The SMILES string of the molecule is COCCN(c1ccccc1[N+](=O)[O-])S(C)(=O)=O. The van der Waals surface area contributed by atoms with Crippen LogP contribution < -0.4 is 4.31 Å². The molecule has 1 rings (SSSR count). The lowest BCUT2D eigenvalue weighted by molar-refractivity contribution is -0.384. The Bertz CT molecular complexity index is 529. The summed E-state index contributed by atoms with van der Waals surface area (Å²) in [5.41, 5.74) is -0.207. The van der Waals surface area contributed by atoms with E-state index in [9.17, 15) is 18.5 Å². The van der Waals surface area contributed by atoms with E-state index < -0.39 is 14.9 Å². The van der Waals surface area contributed by atoms with Crippen molar-refractivity contribution in [3.63, 3.8) is 0 Å². The van der Waals surface area contributed by atoms with Crippen molar-refractivity contribution in [2.45, 2.75) is 0 Å². The maximum absolute atomic E-state index is 11.7. The number of hydrogen-bond acceptors (Lipinski definition) is 5. The quantitative estimate of drug-likeness (QED) is 0.570. The Balaban J connectivity index is 3.25. The van der Waals surface area contributed by atoms with Crippen molar-refractivity contribution in [2.75, 3.05) is 30.8 Å². The zero-order valence-electron chi connectivity index (χ0n) is 10.1. The van der Waals surface area contributed by atoms with E-state index in [1.807, 2.05) is 0 Å². The fourth-order valence-electron chi connectivity index (χ4n) is 1.47. The Kier molecular flexibility index (Phi) is 4.62. The second kappa shape index (κ2) is 5.78. The summed E-state index contributed by atoms with van der Waals surface area (Å²) < 4.78 is 29.1. The predicted octanol–water partition coefficient (Wildman–Crippen LogP) is 1.01. The van der Waals surface area contributed by atoms with Crippen LogP contribution in [0.2, 0.25) is 0 Å². The highest BCUT2D eigenvalue weighted by atomic mass is 32.2. The van der Waals surface area contributed by atoms with Crippen LogP contribution in [-0.4, -0.2) is 39.9 Å². The number of hydrogen-bond donors (Lipinski definition) is 0. The van der Waals surface area contributed by atoms with Crippen LogP contribution in [0.4, 0.5) is 11.4 Å². The molecule has 0 aliphatic rings. The van der Waals surface area contributed by atoms with Gasteiger partial charge in [0, 0.05) is 13.2 Å². The molecule has 7 nitrogen and oxygen atoms in total. The molecule has 8 heteroatoms. The lowest BCUT2D eigenvalue weighted by Crippen LogP contribution is -2.33. The number of methoxy groups -OCH3 is 1. The number of rotatable bonds is 6. The summed E-state index contributed by atoms with van der Waals surface area (Å²) in [6, 6.07) is 5.70. The molecule has 1 aromatic carbocycles. The van der Waals surface area contributed by atoms with Crippen molar-refractivity contribution in [1.82, 2.24) is 0 Å². The average Bonchev–Trinajstić information content (AvgIpc) is 2.28. The second-order valence-corrected chi connectivity index (χ2v) is 5.48. The number of para-hydroxylation sites is 2. The second-order valence-electron chi connectivity index (χ2n) is 3.57. The molecule has 0 bridgehead atoms. The van der Waals surface area contributed by atoms with Crippen LogP contribution in [0.5, 0.6) is 0 Å². The van der Waals surface area contributed by atoms with Crippen LogP contribution in [0.15, 0.2) is 24.3 Å². The van der Waals surface area contributed by atoms with E-state index in [0.717, 1.165) is 10.6 Å². The zero-order chi connectivity index (χ0) is 13.8. The first-order valence-electron chi connectivity index (χ1n) is 5.08. The molecule has 0 spiro atoms. The van der Waals surface area contributed by atoms with E-state index in [0.29, 0.717) is 0 Å². The number of nitrogens with zero attached hydrogens (tertiary/aromatic N) is 2. The molecule has 18 heavy (non-hydrogen) atoms. The first-order chi connectivity index (χ1) is 8.38. The highest BCUT2D eigenvalue weighted by molar-refractivity contribution is 7.92. The number of benzene rings is 1. The normalized spacial score (nSPS) is 11.2. The van der Waals surface area contributed by atoms with Crippen LogP contribution in [0.1, 0.15) is 0 Å². The summed E-state index contributed by atoms with van der Waals surface area (Å²) in [5.74, 6) is 0. The lowest BCUT2D eigenvalue weighted by atomic mass is 10.2. The maximum atomic E-state index is 11.7. The summed E-state index contributed by atoms with van der Waals surface area (Å²) in [6.07, 6.45) is 0.999. The molecule has 0 aliphatic carbocycles. The van der Waals surface area contributed by atoms with Crippen LogP contribution in [0.25, 0.3) is 0 Å². The Morgan fingerprint density at radius 2 is 2.00 bits per heavy atom.